The monoisotopic (exact) mass is 394 g/mol. The second-order valence-electron chi connectivity index (χ2n) is 6.47. The van der Waals surface area contributed by atoms with E-state index in [0.717, 1.165) is 5.56 Å². The van der Waals surface area contributed by atoms with Crippen LogP contribution in [0.1, 0.15) is 21.5 Å². The first kappa shape index (κ1) is 20.3. The van der Waals surface area contributed by atoms with Gasteiger partial charge in [0.15, 0.2) is 0 Å². The molecule has 3 aromatic rings. The summed E-state index contributed by atoms with van der Waals surface area (Å²) in [6, 6.07) is 15.5. The minimum Gasteiger partial charge on any atom is -0.496 e. The fourth-order valence-electron chi connectivity index (χ4n) is 3.14. The molecule has 5 nitrogen and oxygen atoms in total. The molecule has 2 aromatic carbocycles. The summed E-state index contributed by atoms with van der Waals surface area (Å²) in [6.07, 6.45) is 3.78. The Balaban J connectivity index is 1.92. The second-order valence-corrected chi connectivity index (χ2v) is 6.47. The Morgan fingerprint density at radius 1 is 1.00 bits per heavy atom. The average molecular weight is 394 g/mol. The molecule has 1 amide bonds. The van der Waals surface area contributed by atoms with Crippen LogP contribution in [0.25, 0.3) is 0 Å². The summed E-state index contributed by atoms with van der Waals surface area (Å²) in [6.45, 7) is 0.665. The van der Waals surface area contributed by atoms with E-state index in [1.807, 2.05) is 12.1 Å². The Bertz CT molecular complexity index is 941. The molecule has 3 rings (SSSR count). The van der Waals surface area contributed by atoms with Gasteiger partial charge in [0, 0.05) is 25.5 Å². The summed E-state index contributed by atoms with van der Waals surface area (Å²) < 4.78 is 24.9. The standard InChI is InChI=1S/C23H23FN2O3/c1-28-20-10-5-11-21(29-2)22(20)23(27)26(16-17-7-6-13-25-15-17)14-12-18-8-3-4-9-19(18)24/h3-11,13,15H,12,14,16H2,1-2H3. The highest BCUT2D eigenvalue weighted by Gasteiger charge is 2.24. The van der Waals surface area contributed by atoms with Gasteiger partial charge in [0.25, 0.3) is 5.91 Å². The van der Waals surface area contributed by atoms with Crippen molar-refractivity contribution in [2.24, 2.45) is 0 Å². The number of amides is 1. The van der Waals surface area contributed by atoms with Gasteiger partial charge in [-0.05, 0) is 41.8 Å². The molecule has 0 aliphatic carbocycles. The number of pyridine rings is 1. The molecule has 0 aliphatic rings. The first-order chi connectivity index (χ1) is 14.1. The summed E-state index contributed by atoms with van der Waals surface area (Å²) in [4.78, 5) is 19.2. The number of methoxy groups -OCH3 is 2. The predicted octanol–water partition coefficient (Wildman–Crippen LogP) is 4.12. The number of aromatic nitrogens is 1. The Hall–Kier alpha value is -3.41. The predicted molar refractivity (Wildman–Crippen MR) is 109 cm³/mol. The lowest BCUT2D eigenvalue weighted by molar-refractivity contribution is 0.0737. The number of carbonyl (C=O) groups excluding carboxylic acids is 1. The van der Waals surface area contributed by atoms with Crippen molar-refractivity contribution in [3.05, 3.63) is 89.5 Å². The fourth-order valence-corrected chi connectivity index (χ4v) is 3.14. The van der Waals surface area contributed by atoms with Gasteiger partial charge < -0.3 is 14.4 Å². The van der Waals surface area contributed by atoms with E-state index in [-0.39, 0.29) is 11.7 Å². The van der Waals surface area contributed by atoms with E-state index in [4.69, 9.17) is 9.47 Å². The molecular weight excluding hydrogens is 371 g/mol. The molecule has 1 heterocycles. The van der Waals surface area contributed by atoms with Crippen LogP contribution < -0.4 is 9.47 Å². The fraction of sp³-hybridized carbons (Fsp3) is 0.217. The summed E-state index contributed by atoms with van der Waals surface area (Å²) in [5.41, 5.74) is 1.78. The van der Waals surface area contributed by atoms with Crippen molar-refractivity contribution in [1.29, 1.82) is 0 Å². The van der Waals surface area contributed by atoms with Gasteiger partial charge in [-0.3, -0.25) is 9.78 Å². The molecule has 0 radical (unpaired) electrons. The topological polar surface area (TPSA) is 51.7 Å². The number of hydrogen-bond acceptors (Lipinski definition) is 4. The molecule has 0 spiro atoms. The van der Waals surface area contributed by atoms with E-state index in [9.17, 15) is 9.18 Å². The molecule has 29 heavy (non-hydrogen) atoms. The normalized spacial score (nSPS) is 10.4. The Labute approximate surface area is 169 Å². The zero-order valence-electron chi connectivity index (χ0n) is 16.5. The van der Waals surface area contributed by atoms with E-state index in [2.05, 4.69) is 4.98 Å². The van der Waals surface area contributed by atoms with Crippen molar-refractivity contribution in [2.75, 3.05) is 20.8 Å². The largest absolute Gasteiger partial charge is 0.496 e. The highest BCUT2D eigenvalue weighted by molar-refractivity contribution is 5.99. The minimum absolute atomic E-state index is 0.250. The lowest BCUT2D eigenvalue weighted by Gasteiger charge is -2.25. The molecular formula is C23H23FN2O3. The van der Waals surface area contributed by atoms with Gasteiger partial charge >= 0.3 is 0 Å². The molecule has 6 heteroatoms. The Kier molecular flexibility index (Phi) is 6.79. The first-order valence-corrected chi connectivity index (χ1v) is 9.26. The first-order valence-electron chi connectivity index (χ1n) is 9.26. The zero-order valence-corrected chi connectivity index (χ0v) is 16.5. The van der Waals surface area contributed by atoms with E-state index < -0.39 is 0 Å². The van der Waals surface area contributed by atoms with Gasteiger partial charge in [-0.1, -0.05) is 30.3 Å². The van der Waals surface area contributed by atoms with Crippen molar-refractivity contribution in [2.45, 2.75) is 13.0 Å². The minimum atomic E-state index is -0.281. The van der Waals surface area contributed by atoms with Crippen molar-refractivity contribution < 1.29 is 18.7 Å². The Morgan fingerprint density at radius 3 is 2.34 bits per heavy atom. The van der Waals surface area contributed by atoms with Crippen LogP contribution in [0.15, 0.2) is 67.0 Å². The van der Waals surface area contributed by atoms with Gasteiger partial charge in [-0.15, -0.1) is 0 Å². The molecule has 150 valence electrons. The van der Waals surface area contributed by atoms with Crippen LogP contribution in [-0.2, 0) is 13.0 Å². The summed E-state index contributed by atoms with van der Waals surface area (Å²) in [5, 5.41) is 0. The quantitative estimate of drug-likeness (QED) is 0.577. The summed E-state index contributed by atoms with van der Waals surface area (Å²) in [7, 11) is 3.02. The maximum absolute atomic E-state index is 14.1. The second kappa shape index (κ2) is 9.68. The maximum atomic E-state index is 14.1. The molecule has 0 aliphatic heterocycles. The van der Waals surface area contributed by atoms with Gasteiger partial charge in [-0.2, -0.15) is 0 Å². The molecule has 0 unspecified atom stereocenters. The van der Waals surface area contributed by atoms with Crippen LogP contribution in [0.3, 0.4) is 0 Å². The van der Waals surface area contributed by atoms with Gasteiger partial charge in [0.1, 0.15) is 22.9 Å². The van der Waals surface area contributed by atoms with E-state index in [1.165, 1.54) is 20.3 Å². The highest BCUT2D eigenvalue weighted by atomic mass is 19.1. The van der Waals surface area contributed by atoms with Gasteiger partial charge in [-0.25, -0.2) is 4.39 Å². The lowest BCUT2D eigenvalue weighted by atomic mass is 10.1. The van der Waals surface area contributed by atoms with Crippen LogP contribution >= 0.6 is 0 Å². The number of benzene rings is 2. The third-order valence-electron chi connectivity index (χ3n) is 4.63. The smallest absolute Gasteiger partial charge is 0.261 e. The van der Waals surface area contributed by atoms with Crippen molar-refractivity contribution in [3.63, 3.8) is 0 Å². The molecule has 0 saturated carbocycles. The third kappa shape index (κ3) is 4.90. The SMILES string of the molecule is COc1cccc(OC)c1C(=O)N(CCc1ccccc1F)Cc1cccnc1. The van der Waals surface area contributed by atoms with Crippen LogP contribution in [0.5, 0.6) is 11.5 Å². The van der Waals surface area contributed by atoms with Crippen LogP contribution in [0, 0.1) is 5.82 Å². The van der Waals surface area contributed by atoms with E-state index in [1.54, 1.807) is 53.7 Å². The molecule has 1 aromatic heterocycles. The summed E-state index contributed by atoms with van der Waals surface area (Å²) in [5.74, 6) is 0.323. The zero-order chi connectivity index (χ0) is 20.6. The van der Waals surface area contributed by atoms with Crippen LogP contribution in [0.2, 0.25) is 0 Å². The van der Waals surface area contributed by atoms with Gasteiger partial charge in [0.2, 0.25) is 0 Å². The number of ether oxygens (including phenoxy) is 2. The molecule has 0 atom stereocenters. The van der Waals surface area contributed by atoms with Crippen molar-refractivity contribution in [3.8, 4) is 11.5 Å². The van der Waals surface area contributed by atoms with Crippen molar-refractivity contribution in [1.82, 2.24) is 9.88 Å². The van der Waals surface area contributed by atoms with Gasteiger partial charge in [0.05, 0.1) is 14.2 Å². The molecule has 0 N–H and O–H groups in total. The average Bonchev–Trinajstić information content (AvgIpc) is 2.77. The van der Waals surface area contributed by atoms with Crippen LogP contribution in [-0.4, -0.2) is 36.6 Å². The number of hydrogen-bond donors (Lipinski definition) is 0. The Morgan fingerprint density at radius 2 is 1.72 bits per heavy atom. The van der Waals surface area contributed by atoms with Crippen molar-refractivity contribution >= 4 is 5.91 Å². The lowest BCUT2D eigenvalue weighted by Crippen LogP contribution is -2.33. The summed E-state index contributed by atoms with van der Waals surface area (Å²) >= 11 is 0. The maximum Gasteiger partial charge on any atom is 0.261 e. The number of halogens is 1. The van der Waals surface area contributed by atoms with E-state index in [0.29, 0.717) is 42.1 Å². The number of rotatable bonds is 8. The molecule has 0 bridgehead atoms. The van der Waals surface area contributed by atoms with E-state index >= 15 is 0 Å². The number of nitrogens with zero attached hydrogens (tertiary/aromatic N) is 2. The highest BCUT2D eigenvalue weighted by Crippen LogP contribution is 2.30. The molecule has 0 saturated heterocycles. The molecule has 0 fully saturated rings. The third-order valence-corrected chi connectivity index (χ3v) is 4.63. The van der Waals surface area contributed by atoms with Crippen LogP contribution in [0.4, 0.5) is 4.39 Å². The number of carbonyl (C=O) groups is 1.